The number of benzene rings is 2. The van der Waals surface area contributed by atoms with Crippen molar-refractivity contribution in [3.8, 4) is 0 Å². The number of carbonyl (C=O) groups is 1. The molecule has 1 N–H and O–H groups in total. The number of hydrogen-bond acceptors (Lipinski definition) is 2. The normalized spacial score (nSPS) is 10.8. The van der Waals surface area contributed by atoms with Crippen molar-refractivity contribution in [1.82, 2.24) is 10.4 Å². The number of amides is 1. The summed E-state index contributed by atoms with van der Waals surface area (Å²) in [7, 11) is 3.63. The van der Waals surface area contributed by atoms with Crippen LogP contribution >= 0.6 is 0 Å². The van der Waals surface area contributed by atoms with Crippen LogP contribution in [-0.4, -0.2) is 25.0 Å². The molecule has 2 aromatic rings. The van der Waals surface area contributed by atoms with E-state index in [1.54, 1.807) is 5.01 Å². The summed E-state index contributed by atoms with van der Waals surface area (Å²) in [5.41, 5.74) is 5.13. The van der Waals surface area contributed by atoms with Crippen LogP contribution in [0.3, 0.4) is 0 Å². The van der Waals surface area contributed by atoms with Gasteiger partial charge in [0.25, 0.3) is 0 Å². The highest BCUT2D eigenvalue weighted by Gasteiger charge is 2.18. The summed E-state index contributed by atoms with van der Waals surface area (Å²) in [6.07, 6.45) is 0.437. The van der Waals surface area contributed by atoms with E-state index in [9.17, 15) is 4.79 Å². The molecule has 0 aliphatic heterocycles. The summed E-state index contributed by atoms with van der Waals surface area (Å²) in [6.45, 7) is 0. The van der Waals surface area contributed by atoms with Gasteiger partial charge in [-0.2, -0.15) is 0 Å². The number of nitrogens with one attached hydrogen (secondary N) is 1. The number of carbonyl (C=O) groups excluding carboxylic acids is 1. The van der Waals surface area contributed by atoms with Gasteiger partial charge in [0.05, 0.1) is 0 Å². The fourth-order valence-corrected chi connectivity index (χ4v) is 2.28. The van der Waals surface area contributed by atoms with Gasteiger partial charge in [-0.1, -0.05) is 60.7 Å². The summed E-state index contributed by atoms with van der Waals surface area (Å²) < 4.78 is 0. The maximum Gasteiger partial charge on any atom is 0.235 e. The van der Waals surface area contributed by atoms with Gasteiger partial charge in [0.2, 0.25) is 5.91 Å². The molecule has 0 fully saturated rings. The van der Waals surface area contributed by atoms with Crippen molar-refractivity contribution in [2.45, 2.75) is 12.3 Å². The van der Waals surface area contributed by atoms with E-state index < -0.39 is 0 Å². The van der Waals surface area contributed by atoms with Crippen LogP contribution in [0.1, 0.15) is 23.5 Å². The average molecular weight is 268 g/mol. The van der Waals surface area contributed by atoms with Crippen molar-refractivity contribution in [3.63, 3.8) is 0 Å². The fourth-order valence-electron chi connectivity index (χ4n) is 2.28. The summed E-state index contributed by atoms with van der Waals surface area (Å²) in [5, 5.41) is 1.68. The first kappa shape index (κ1) is 14.3. The fraction of sp³-hybridized carbons (Fsp3) is 0.235. The van der Waals surface area contributed by atoms with Crippen molar-refractivity contribution < 1.29 is 4.79 Å². The molecule has 0 aliphatic carbocycles. The number of nitrogens with zero attached hydrogens (tertiary/aromatic N) is 1. The number of hydrazine groups is 1. The Morgan fingerprint density at radius 1 is 0.950 bits per heavy atom. The molecule has 0 unspecified atom stereocenters. The lowest BCUT2D eigenvalue weighted by Crippen LogP contribution is -2.36. The first-order chi connectivity index (χ1) is 9.66. The van der Waals surface area contributed by atoms with Crippen LogP contribution < -0.4 is 5.43 Å². The van der Waals surface area contributed by atoms with Crippen molar-refractivity contribution in [2.75, 3.05) is 14.1 Å². The van der Waals surface area contributed by atoms with Gasteiger partial charge in [0.15, 0.2) is 0 Å². The maximum atomic E-state index is 12.1. The van der Waals surface area contributed by atoms with Crippen LogP contribution in [0, 0.1) is 0 Å². The zero-order valence-electron chi connectivity index (χ0n) is 11.9. The SMILES string of the molecule is CN(C)NC(=O)CC(c1ccccc1)c1ccccc1. The van der Waals surface area contributed by atoms with Gasteiger partial charge in [0.1, 0.15) is 0 Å². The average Bonchev–Trinajstić information content (AvgIpc) is 2.46. The highest BCUT2D eigenvalue weighted by Crippen LogP contribution is 2.27. The second-order valence-corrected chi connectivity index (χ2v) is 5.01. The Morgan fingerprint density at radius 3 is 1.80 bits per heavy atom. The first-order valence-electron chi connectivity index (χ1n) is 6.73. The highest BCUT2D eigenvalue weighted by atomic mass is 16.2. The van der Waals surface area contributed by atoms with Crippen molar-refractivity contribution in [3.05, 3.63) is 71.8 Å². The van der Waals surface area contributed by atoms with Crippen LogP contribution in [0.25, 0.3) is 0 Å². The minimum atomic E-state index is 0.0210. The van der Waals surface area contributed by atoms with Crippen molar-refractivity contribution in [2.24, 2.45) is 0 Å². The van der Waals surface area contributed by atoms with E-state index in [0.717, 1.165) is 11.1 Å². The Labute approximate surface area is 120 Å². The Bertz CT molecular complexity index is 498. The van der Waals surface area contributed by atoms with Crippen molar-refractivity contribution >= 4 is 5.91 Å². The van der Waals surface area contributed by atoms with Gasteiger partial charge in [0, 0.05) is 26.4 Å². The van der Waals surface area contributed by atoms with Crippen LogP contribution in [0.2, 0.25) is 0 Å². The van der Waals surface area contributed by atoms with Gasteiger partial charge in [-0.15, -0.1) is 0 Å². The smallest absolute Gasteiger partial charge is 0.235 e. The predicted molar refractivity (Wildman–Crippen MR) is 81.2 cm³/mol. The van der Waals surface area contributed by atoms with E-state index in [0.29, 0.717) is 6.42 Å². The zero-order chi connectivity index (χ0) is 14.4. The second-order valence-electron chi connectivity index (χ2n) is 5.01. The standard InChI is InChI=1S/C17H20N2O/c1-19(2)18-17(20)13-16(14-9-5-3-6-10-14)15-11-7-4-8-12-15/h3-12,16H,13H2,1-2H3,(H,18,20). The molecule has 1 amide bonds. The number of rotatable bonds is 5. The minimum Gasteiger partial charge on any atom is -0.289 e. The van der Waals surface area contributed by atoms with Gasteiger partial charge in [-0.05, 0) is 11.1 Å². The minimum absolute atomic E-state index is 0.0210. The first-order valence-corrected chi connectivity index (χ1v) is 6.73. The van der Waals surface area contributed by atoms with Crippen LogP contribution in [0.15, 0.2) is 60.7 Å². The quantitative estimate of drug-likeness (QED) is 0.846. The molecule has 0 saturated heterocycles. The molecule has 0 bridgehead atoms. The lowest BCUT2D eigenvalue weighted by atomic mass is 9.88. The Kier molecular flexibility index (Phi) is 4.91. The molecule has 3 nitrogen and oxygen atoms in total. The van der Waals surface area contributed by atoms with Crippen molar-refractivity contribution in [1.29, 1.82) is 0 Å². The van der Waals surface area contributed by atoms with Gasteiger partial charge < -0.3 is 0 Å². The van der Waals surface area contributed by atoms with Crippen LogP contribution in [0.5, 0.6) is 0 Å². The Hall–Kier alpha value is -2.13. The Morgan fingerprint density at radius 2 is 1.40 bits per heavy atom. The third-order valence-electron chi connectivity index (χ3n) is 3.14. The summed E-state index contributed by atoms with van der Waals surface area (Å²) >= 11 is 0. The molecule has 2 aromatic carbocycles. The molecule has 3 heteroatoms. The maximum absolute atomic E-state index is 12.1. The van der Waals surface area contributed by atoms with Gasteiger partial charge >= 0.3 is 0 Å². The predicted octanol–water partition coefficient (Wildman–Crippen LogP) is 2.80. The lowest BCUT2D eigenvalue weighted by Gasteiger charge is -2.19. The molecule has 0 aromatic heterocycles. The molecule has 0 radical (unpaired) electrons. The van der Waals surface area contributed by atoms with E-state index in [1.165, 1.54) is 0 Å². The van der Waals surface area contributed by atoms with E-state index in [2.05, 4.69) is 29.7 Å². The summed E-state index contributed by atoms with van der Waals surface area (Å²) in [4.78, 5) is 12.1. The monoisotopic (exact) mass is 268 g/mol. The summed E-state index contributed by atoms with van der Waals surface area (Å²) in [5.74, 6) is 0.102. The molecular weight excluding hydrogens is 248 g/mol. The van der Waals surface area contributed by atoms with Crippen LogP contribution in [-0.2, 0) is 4.79 Å². The van der Waals surface area contributed by atoms with E-state index >= 15 is 0 Å². The molecule has 0 heterocycles. The van der Waals surface area contributed by atoms with Crippen LogP contribution in [0.4, 0.5) is 0 Å². The third kappa shape index (κ3) is 3.93. The zero-order valence-corrected chi connectivity index (χ0v) is 11.9. The molecule has 20 heavy (non-hydrogen) atoms. The second kappa shape index (κ2) is 6.87. The third-order valence-corrected chi connectivity index (χ3v) is 3.14. The molecule has 0 aliphatic rings. The molecule has 2 rings (SSSR count). The van der Waals surface area contributed by atoms with E-state index in [-0.39, 0.29) is 11.8 Å². The number of hydrogen-bond donors (Lipinski definition) is 1. The van der Waals surface area contributed by atoms with Gasteiger partial charge in [-0.3, -0.25) is 10.2 Å². The largest absolute Gasteiger partial charge is 0.289 e. The van der Waals surface area contributed by atoms with Gasteiger partial charge in [-0.25, -0.2) is 5.01 Å². The molecule has 104 valence electrons. The van der Waals surface area contributed by atoms with E-state index in [1.807, 2.05) is 50.5 Å². The van der Waals surface area contributed by atoms with E-state index in [4.69, 9.17) is 0 Å². The Balaban J connectivity index is 2.24. The highest BCUT2D eigenvalue weighted by molar-refractivity contribution is 5.77. The molecule has 0 atom stereocenters. The topological polar surface area (TPSA) is 32.3 Å². The summed E-state index contributed by atoms with van der Waals surface area (Å²) in [6, 6.07) is 20.3. The molecule has 0 spiro atoms. The molecular formula is C17H20N2O. The lowest BCUT2D eigenvalue weighted by molar-refractivity contribution is -0.125. The molecule has 0 saturated carbocycles.